The minimum Gasteiger partial charge on any atom is -0.212 e. The first-order valence-electron chi connectivity index (χ1n) is 6.42. The lowest BCUT2D eigenvalue weighted by Gasteiger charge is -2.34. The third-order valence-corrected chi connectivity index (χ3v) is 5.73. The lowest BCUT2D eigenvalue weighted by Crippen LogP contribution is -2.27. The highest BCUT2D eigenvalue weighted by molar-refractivity contribution is 14.1. The minimum atomic E-state index is 0.112. The van der Waals surface area contributed by atoms with Crippen LogP contribution in [0.2, 0.25) is 0 Å². The Labute approximate surface area is 116 Å². The summed E-state index contributed by atoms with van der Waals surface area (Å²) in [6.07, 6.45) is 9.28. The van der Waals surface area contributed by atoms with E-state index in [0.29, 0.717) is 24.2 Å². The summed E-state index contributed by atoms with van der Waals surface area (Å²) < 4.78 is 15.0. The quantitative estimate of drug-likeness (QED) is 0.532. The smallest absolute Gasteiger partial charge is 0.0963 e. The van der Waals surface area contributed by atoms with Crippen molar-refractivity contribution < 1.29 is 4.39 Å². The van der Waals surface area contributed by atoms with E-state index < -0.39 is 0 Å². The van der Waals surface area contributed by atoms with Gasteiger partial charge in [0.15, 0.2) is 0 Å². The van der Waals surface area contributed by atoms with Crippen molar-refractivity contribution in [1.82, 2.24) is 0 Å². The van der Waals surface area contributed by atoms with E-state index in [9.17, 15) is 4.39 Å². The molecular weight excluding hydrogens is 326 g/mol. The molecule has 0 spiro atoms. The second-order valence-electron chi connectivity index (χ2n) is 6.14. The molecule has 3 aliphatic rings. The first-order valence-corrected chi connectivity index (χ1v) is 7.50. The highest BCUT2D eigenvalue weighted by Crippen LogP contribution is 2.60. The summed E-state index contributed by atoms with van der Waals surface area (Å²) in [5, 5.41) is 0. The molecule has 17 heavy (non-hydrogen) atoms. The van der Waals surface area contributed by atoms with Crippen LogP contribution in [0.3, 0.4) is 0 Å². The van der Waals surface area contributed by atoms with E-state index in [1.54, 1.807) is 5.57 Å². The van der Waals surface area contributed by atoms with Crippen LogP contribution in [0.15, 0.2) is 33.2 Å². The first-order chi connectivity index (χ1) is 8.00. The van der Waals surface area contributed by atoms with Gasteiger partial charge in [-0.3, -0.25) is 0 Å². The average molecular weight is 344 g/mol. The molecule has 3 atom stereocenters. The van der Waals surface area contributed by atoms with Gasteiger partial charge in [-0.1, -0.05) is 31.6 Å². The summed E-state index contributed by atoms with van der Waals surface area (Å²) in [6, 6.07) is 0. The van der Waals surface area contributed by atoms with Crippen LogP contribution >= 0.6 is 22.6 Å². The Bertz CT molecular complexity index is 442. The standard InChI is InChI=1S/C15H18FI/c1-15(2)13-7-9(16)3-5-11(13)12-6-4-10(17)8-14(12)15/h4,6-7,11,13-14H,3,5,8H2,1-2H3. The van der Waals surface area contributed by atoms with Gasteiger partial charge in [0.25, 0.3) is 0 Å². The molecular formula is C15H18FI. The lowest BCUT2D eigenvalue weighted by atomic mass is 9.71. The maximum absolute atomic E-state index is 13.5. The second-order valence-corrected chi connectivity index (χ2v) is 7.53. The van der Waals surface area contributed by atoms with E-state index in [0.717, 1.165) is 12.8 Å². The molecule has 0 aromatic rings. The zero-order valence-corrected chi connectivity index (χ0v) is 12.5. The predicted octanol–water partition coefficient (Wildman–Crippen LogP) is 5.17. The van der Waals surface area contributed by atoms with Crippen LogP contribution in [-0.2, 0) is 0 Å². The fraction of sp³-hybridized carbons (Fsp3) is 0.600. The maximum atomic E-state index is 13.5. The van der Waals surface area contributed by atoms with Crippen LogP contribution in [0.25, 0.3) is 0 Å². The van der Waals surface area contributed by atoms with Gasteiger partial charge in [0, 0.05) is 0 Å². The first kappa shape index (κ1) is 11.9. The molecule has 0 bridgehead atoms. The van der Waals surface area contributed by atoms with Crippen molar-refractivity contribution in [2.24, 2.45) is 23.2 Å². The van der Waals surface area contributed by atoms with E-state index in [1.165, 1.54) is 3.58 Å². The molecule has 0 saturated heterocycles. The Morgan fingerprint density at radius 1 is 1.35 bits per heavy atom. The summed E-state index contributed by atoms with van der Waals surface area (Å²) in [5.74, 6) is 1.73. The molecule has 3 unspecified atom stereocenters. The van der Waals surface area contributed by atoms with E-state index >= 15 is 0 Å². The highest BCUT2D eigenvalue weighted by Gasteiger charge is 2.52. The van der Waals surface area contributed by atoms with Gasteiger partial charge in [0.2, 0.25) is 0 Å². The van der Waals surface area contributed by atoms with Crippen LogP contribution in [0.4, 0.5) is 4.39 Å². The van der Waals surface area contributed by atoms with Gasteiger partial charge < -0.3 is 0 Å². The lowest BCUT2D eigenvalue weighted by molar-refractivity contribution is 0.197. The normalized spacial score (nSPS) is 38.8. The third kappa shape index (κ3) is 1.74. The van der Waals surface area contributed by atoms with Gasteiger partial charge in [-0.25, -0.2) is 4.39 Å². The zero-order chi connectivity index (χ0) is 12.2. The number of halogens is 2. The van der Waals surface area contributed by atoms with Crippen molar-refractivity contribution in [3.8, 4) is 0 Å². The predicted molar refractivity (Wildman–Crippen MR) is 77.5 cm³/mol. The fourth-order valence-electron chi connectivity index (χ4n) is 3.97. The van der Waals surface area contributed by atoms with Crippen molar-refractivity contribution in [3.63, 3.8) is 0 Å². The largest absolute Gasteiger partial charge is 0.212 e. The summed E-state index contributed by atoms with van der Waals surface area (Å²) in [4.78, 5) is 0. The molecule has 92 valence electrons. The minimum absolute atomic E-state index is 0.112. The number of hydrogen-bond acceptors (Lipinski definition) is 0. The molecule has 1 saturated carbocycles. The number of rotatable bonds is 0. The van der Waals surface area contributed by atoms with Crippen LogP contribution in [0.1, 0.15) is 33.1 Å². The molecule has 0 nitrogen and oxygen atoms in total. The summed E-state index contributed by atoms with van der Waals surface area (Å²) in [6.45, 7) is 4.64. The van der Waals surface area contributed by atoms with Gasteiger partial charge in [-0.05, 0) is 74.7 Å². The van der Waals surface area contributed by atoms with Crippen LogP contribution < -0.4 is 0 Å². The molecule has 0 radical (unpaired) electrons. The van der Waals surface area contributed by atoms with Gasteiger partial charge >= 0.3 is 0 Å². The Kier molecular flexibility index (Phi) is 2.77. The maximum Gasteiger partial charge on any atom is 0.0963 e. The molecule has 0 aliphatic heterocycles. The molecule has 1 fully saturated rings. The highest BCUT2D eigenvalue weighted by atomic mass is 127. The van der Waals surface area contributed by atoms with Gasteiger partial charge in [-0.2, -0.15) is 0 Å². The Hall–Kier alpha value is -0.120. The monoisotopic (exact) mass is 344 g/mol. The van der Waals surface area contributed by atoms with E-state index in [4.69, 9.17) is 0 Å². The molecule has 0 amide bonds. The van der Waals surface area contributed by atoms with E-state index in [1.807, 2.05) is 6.08 Å². The van der Waals surface area contributed by atoms with Crippen LogP contribution in [0, 0.1) is 23.2 Å². The third-order valence-electron chi connectivity index (χ3n) is 4.93. The SMILES string of the molecule is CC1(C)C2CC(I)=CC=C2C2CCC(F)=CC21. The van der Waals surface area contributed by atoms with Crippen molar-refractivity contribution >= 4 is 22.6 Å². The number of fused-ring (bicyclic) bond motifs is 3. The molecule has 0 aromatic heterocycles. The van der Waals surface area contributed by atoms with Crippen molar-refractivity contribution in [1.29, 1.82) is 0 Å². The number of allylic oxidation sites excluding steroid dienone is 6. The zero-order valence-electron chi connectivity index (χ0n) is 10.3. The van der Waals surface area contributed by atoms with Gasteiger partial charge in [0.05, 0.1) is 5.83 Å². The van der Waals surface area contributed by atoms with Gasteiger partial charge in [-0.15, -0.1) is 0 Å². The van der Waals surface area contributed by atoms with Crippen molar-refractivity contribution in [3.05, 3.63) is 33.2 Å². The van der Waals surface area contributed by atoms with Crippen LogP contribution in [0.5, 0.6) is 0 Å². The molecule has 3 aliphatic carbocycles. The molecule has 2 heteroatoms. The molecule has 0 aromatic carbocycles. The fourth-order valence-corrected chi connectivity index (χ4v) is 4.59. The average Bonchev–Trinajstić information content (AvgIpc) is 2.49. The topological polar surface area (TPSA) is 0 Å². The van der Waals surface area contributed by atoms with Crippen LogP contribution in [-0.4, -0.2) is 0 Å². The number of hydrogen-bond donors (Lipinski definition) is 0. The summed E-state index contributed by atoms with van der Waals surface area (Å²) in [5.41, 5.74) is 1.79. The van der Waals surface area contributed by atoms with Gasteiger partial charge in [0.1, 0.15) is 0 Å². The Morgan fingerprint density at radius 2 is 2.12 bits per heavy atom. The van der Waals surface area contributed by atoms with E-state index in [2.05, 4.69) is 48.6 Å². The second kappa shape index (κ2) is 3.94. The molecule has 3 rings (SSSR count). The summed E-state index contributed by atoms with van der Waals surface area (Å²) >= 11 is 2.43. The summed E-state index contributed by atoms with van der Waals surface area (Å²) in [7, 11) is 0. The van der Waals surface area contributed by atoms with Crippen molar-refractivity contribution in [2.45, 2.75) is 33.1 Å². The Balaban J connectivity index is 2.05. The Morgan fingerprint density at radius 3 is 2.88 bits per heavy atom. The molecule has 0 heterocycles. The van der Waals surface area contributed by atoms with E-state index in [-0.39, 0.29) is 11.2 Å². The van der Waals surface area contributed by atoms with Crippen molar-refractivity contribution in [2.75, 3.05) is 0 Å². The molecule has 0 N–H and O–H groups in total.